The fraction of sp³-hybridized carbons (Fsp3) is 0.500. The average Bonchev–Trinajstić information content (AvgIpc) is 3.27. The molecule has 5 nitrogen and oxygen atoms in total. The van der Waals surface area contributed by atoms with Crippen molar-refractivity contribution < 1.29 is 9.59 Å². The maximum absolute atomic E-state index is 11.9. The number of nitrogens with one attached hydrogen (secondary N) is 3. The Hall–Kier alpha value is -1.59. The predicted molar refractivity (Wildman–Crippen MR) is 91.6 cm³/mol. The van der Waals surface area contributed by atoms with Crippen LogP contribution in [0.1, 0.15) is 31.2 Å². The summed E-state index contributed by atoms with van der Waals surface area (Å²) < 4.78 is 0. The van der Waals surface area contributed by atoms with E-state index in [0.29, 0.717) is 6.42 Å². The van der Waals surface area contributed by atoms with Crippen molar-refractivity contribution in [1.29, 1.82) is 0 Å². The topological polar surface area (TPSA) is 70.2 Å². The molecule has 0 radical (unpaired) electrons. The van der Waals surface area contributed by atoms with Crippen molar-refractivity contribution >= 4 is 35.6 Å². The number of carbonyl (C=O) groups is 2. The van der Waals surface area contributed by atoms with Crippen molar-refractivity contribution in [1.82, 2.24) is 5.32 Å². The van der Waals surface area contributed by atoms with Gasteiger partial charge in [-0.3, -0.25) is 9.59 Å². The number of hydrogen-bond acceptors (Lipinski definition) is 3. The molecule has 2 amide bonds. The molecule has 0 heterocycles. The van der Waals surface area contributed by atoms with Gasteiger partial charge in [0.1, 0.15) is 0 Å². The highest BCUT2D eigenvalue weighted by atomic mass is 35.5. The molecule has 0 aliphatic heterocycles. The van der Waals surface area contributed by atoms with Gasteiger partial charge in [-0.25, -0.2) is 0 Å². The highest BCUT2D eigenvalue weighted by molar-refractivity contribution is 5.96. The second-order valence-electron chi connectivity index (χ2n) is 5.55. The van der Waals surface area contributed by atoms with Gasteiger partial charge in [-0.05, 0) is 57.5 Å². The fourth-order valence-corrected chi connectivity index (χ4v) is 2.06. The van der Waals surface area contributed by atoms with Gasteiger partial charge in [0, 0.05) is 23.7 Å². The quantitative estimate of drug-likeness (QED) is 0.675. The number of rotatable bonds is 7. The Balaban J connectivity index is 0.00000242. The van der Waals surface area contributed by atoms with Crippen LogP contribution in [0.4, 0.5) is 11.4 Å². The van der Waals surface area contributed by atoms with Gasteiger partial charge in [0.25, 0.3) is 0 Å². The van der Waals surface area contributed by atoms with Gasteiger partial charge in [0.15, 0.2) is 0 Å². The van der Waals surface area contributed by atoms with Crippen molar-refractivity contribution in [3.63, 3.8) is 0 Å². The van der Waals surface area contributed by atoms with Crippen LogP contribution in [0.25, 0.3) is 0 Å². The molecule has 0 aromatic heterocycles. The van der Waals surface area contributed by atoms with Crippen molar-refractivity contribution in [2.75, 3.05) is 24.2 Å². The molecule has 3 N–H and O–H groups in total. The minimum Gasteiger partial charge on any atom is -0.326 e. The van der Waals surface area contributed by atoms with Crippen molar-refractivity contribution in [3.05, 3.63) is 23.8 Å². The number of anilines is 2. The van der Waals surface area contributed by atoms with Gasteiger partial charge in [-0.15, -0.1) is 12.4 Å². The third-order valence-corrected chi connectivity index (χ3v) is 3.56. The Bertz CT molecular complexity index is 530. The molecule has 1 aliphatic carbocycles. The Morgan fingerprint density at radius 2 is 1.95 bits per heavy atom. The zero-order valence-electron chi connectivity index (χ0n) is 13.1. The van der Waals surface area contributed by atoms with E-state index in [9.17, 15) is 9.59 Å². The number of amides is 2. The van der Waals surface area contributed by atoms with E-state index in [-0.39, 0.29) is 30.1 Å². The monoisotopic (exact) mass is 325 g/mol. The first-order valence-electron chi connectivity index (χ1n) is 7.46. The first-order chi connectivity index (χ1) is 10.1. The molecule has 122 valence electrons. The Kier molecular flexibility index (Phi) is 7.35. The zero-order valence-corrected chi connectivity index (χ0v) is 13.9. The van der Waals surface area contributed by atoms with Crippen LogP contribution in [0.15, 0.2) is 18.2 Å². The molecule has 2 rings (SSSR count). The van der Waals surface area contributed by atoms with E-state index in [4.69, 9.17) is 0 Å². The Morgan fingerprint density at radius 1 is 1.23 bits per heavy atom. The molecule has 1 aromatic carbocycles. The number of halogens is 1. The van der Waals surface area contributed by atoms with Crippen LogP contribution >= 0.6 is 12.4 Å². The number of hydrogen-bond donors (Lipinski definition) is 3. The van der Waals surface area contributed by atoms with Crippen molar-refractivity contribution in [2.45, 2.75) is 32.6 Å². The molecule has 1 fully saturated rings. The summed E-state index contributed by atoms with van der Waals surface area (Å²) in [5.74, 6) is 0.245. The third-order valence-electron chi connectivity index (χ3n) is 3.56. The minimum atomic E-state index is -0.000908. The van der Waals surface area contributed by atoms with Gasteiger partial charge in [0.2, 0.25) is 11.8 Å². The van der Waals surface area contributed by atoms with Crippen LogP contribution in [-0.2, 0) is 9.59 Å². The predicted octanol–water partition coefficient (Wildman–Crippen LogP) is 2.70. The fourth-order valence-electron chi connectivity index (χ4n) is 2.06. The van der Waals surface area contributed by atoms with E-state index in [0.717, 1.165) is 42.7 Å². The summed E-state index contributed by atoms with van der Waals surface area (Å²) in [7, 11) is 1.87. The molecule has 0 bridgehead atoms. The largest absolute Gasteiger partial charge is 0.326 e. The number of benzene rings is 1. The molecule has 22 heavy (non-hydrogen) atoms. The van der Waals surface area contributed by atoms with Gasteiger partial charge in [0.05, 0.1) is 0 Å². The summed E-state index contributed by atoms with van der Waals surface area (Å²) in [6, 6.07) is 5.60. The van der Waals surface area contributed by atoms with E-state index in [1.54, 1.807) is 0 Å². The van der Waals surface area contributed by atoms with E-state index < -0.39 is 0 Å². The van der Waals surface area contributed by atoms with Crippen LogP contribution in [0.3, 0.4) is 0 Å². The summed E-state index contributed by atoms with van der Waals surface area (Å²) in [6.07, 6.45) is 3.25. The molecular weight excluding hydrogens is 302 g/mol. The molecule has 6 heteroatoms. The summed E-state index contributed by atoms with van der Waals surface area (Å²) >= 11 is 0. The van der Waals surface area contributed by atoms with Crippen LogP contribution < -0.4 is 16.0 Å². The highest BCUT2D eigenvalue weighted by Crippen LogP contribution is 2.30. The van der Waals surface area contributed by atoms with E-state index in [1.807, 2.05) is 32.2 Å². The third kappa shape index (κ3) is 5.66. The molecule has 0 unspecified atom stereocenters. The van der Waals surface area contributed by atoms with Crippen LogP contribution in [0.5, 0.6) is 0 Å². The molecule has 0 spiro atoms. The first-order valence-corrected chi connectivity index (χ1v) is 7.46. The SMILES string of the molecule is CNCCCC(=O)Nc1cc(NC(=O)C2CC2)ccc1C.Cl. The van der Waals surface area contributed by atoms with E-state index in [1.165, 1.54) is 0 Å². The average molecular weight is 326 g/mol. The smallest absolute Gasteiger partial charge is 0.227 e. The standard InChI is InChI=1S/C16H23N3O2.ClH/c1-11-5-8-13(18-16(21)12-6-7-12)10-14(11)19-15(20)4-3-9-17-2;/h5,8,10,12,17H,3-4,6-7,9H2,1-2H3,(H,18,21)(H,19,20);1H. The molecule has 1 aromatic rings. The molecule has 0 atom stereocenters. The van der Waals surface area contributed by atoms with Crippen molar-refractivity contribution in [2.24, 2.45) is 5.92 Å². The van der Waals surface area contributed by atoms with Crippen LogP contribution in [0.2, 0.25) is 0 Å². The summed E-state index contributed by atoms with van der Waals surface area (Å²) in [4.78, 5) is 23.6. The maximum Gasteiger partial charge on any atom is 0.227 e. The maximum atomic E-state index is 11.9. The van der Waals surface area contributed by atoms with Gasteiger partial charge in [-0.1, -0.05) is 6.07 Å². The lowest BCUT2D eigenvalue weighted by atomic mass is 10.1. The normalized spacial score (nSPS) is 13.2. The summed E-state index contributed by atoms with van der Waals surface area (Å²) in [6.45, 7) is 2.76. The van der Waals surface area contributed by atoms with Gasteiger partial charge < -0.3 is 16.0 Å². The second-order valence-corrected chi connectivity index (χ2v) is 5.55. The van der Waals surface area contributed by atoms with Crippen molar-refractivity contribution in [3.8, 4) is 0 Å². The lowest BCUT2D eigenvalue weighted by molar-refractivity contribution is -0.117. The molecular formula is C16H24ClN3O2. The zero-order chi connectivity index (χ0) is 15.2. The molecule has 1 saturated carbocycles. The van der Waals surface area contributed by atoms with Crippen LogP contribution in [0, 0.1) is 12.8 Å². The summed E-state index contributed by atoms with van der Waals surface area (Å²) in [5.41, 5.74) is 2.49. The van der Waals surface area contributed by atoms with Gasteiger partial charge >= 0.3 is 0 Å². The molecule has 0 saturated heterocycles. The Morgan fingerprint density at radius 3 is 2.59 bits per heavy atom. The first kappa shape index (κ1) is 18.5. The lowest BCUT2D eigenvalue weighted by Gasteiger charge is -2.11. The highest BCUT2D eigenvalue weighted by Gasteiger charge is 2.29. The van der Waals surface area contributed by atoms with E-state index in [2.05, 4.69) is 16.0 Å². The number of aryl methyl sites for hydroxylation is 1. The van der Waals surface area contributed by atoms with Crippen LogP contribution in [-0.4, -0.2) is 25.4 Å². The minimum absolute atomic E-state index is 0. The summed E-state index contributed by atoms with van der Waals surface area (Å²) in [5, 5.41) is 8.82. The number of carbonyl (C=O) groups excluding carboxylic acids is 2. The van der Waals surface area contributed by atoms with Gasteiger partial charge in [-0.2, -0.15) is 0 Å². The molecule has 1 aliphatic rings. The Labute approximate surface area is 137 Å². The lowest BCUT2D eigenvalue weighted by Crippen LogP contribution is -2.16. The second kappa shape index (κ2) is 8.76. The van der Waals surface area contributed by atoms with E-state index >= 15 is 0 Å².